The second kappa shape index (κ2) is 6.00. The molecule has 0 aromatic heterocycles. The summed E-state index contributed by atoms with van der Waals surface area (Å²) in [5.74, 6) is 0.157. The SMILES string of the molecule is CCC(CC)C(=O)NC[C@@H](C)O. The van der Waals surface area contributed by atoms with Crippen molar-refractivity contribution in [2.45, 2.75) is 39.7 Å². The quantitative estimate of drug-likeness (QED) is 0.649. The largest absolute Gasteiger partial charge is 0.392 e. The van der Waals surface area contributed by atoms with Crippen molar-refractivity contribution in [3.05, 3.63) is 0 Å². The molecule has 1 atom stereocenters. The van der Waals surface area contributed by atoms with Gasteiger partial charge < -0.3 is 10.4 Å². The van der Waals surface area contributed by atoms with Crippen LogP contribution in [0.15, 0.2) is 0 Å². The van der Waals surface area contributed by atoms with E-state index in [2.05, 4.69) is 5.32 Å². The van der Waals surface area contributed by atoms with Gasteiger partial charge in [-0.1, -0.05) is 13.8 Å². The van der Waals surface area contributed by atoms with Gasteiger partial charge in [-0.05, 0) is 19.8 Å². The molecule has 0 heterocycles. The highest BCUT2D eigenvalue weighted by Gasteiger charge is 2.13. The Morgan fingerprint density at radius 3 is 2.25 bits per heavy atom. The molecule has 0 bridgehead atoms. The maximum atomic E-state index is 11.3. The molecule has 2 N–H and O–H groups in total. The van der Waals surface area contributed by atoms with Gasteiger partial charge in [0.05, 0.1) is 6.10 Å². The first-order chi connectivity index (χ1) is 5.61. The number of nitrogens with one attached hydrogen (secondary N) is 1. The molecule has 0 fully saturated rings. The summed E-state index contributed by atoms with van der Waals surface area (Å²) in [6, 6.07) is 0. The van der Waals surface area contributed by atoms with E-state index in [1.54, 1.807) is 6.92 Å². The Hall–Kier alpha value is -0.570. The van der Waals surface area contributed by atoms with Crippen LogP contribution in [0, 0.1) is 5.92 Å². The van der Waals surface area contributed by atoms with E-state index in [-0.39, 0.29) is 11.8 Å². The zero-order chi connectivity index (χ0) is 9.56. The summed E-state index contributed by atoms with van der Waals surface area (Å²) >= 11 is 0. The van der Waals surface area contributed by atoms with Gasteiger partial charge >= 0.3 is 0 Å². The van der Waals surface area contributed by atoms with Gasteiger partial charge in [0.15, 0.2) is 0 Å². The molecule has 0 aromatic carbocycles. The van der Waals surface area contributed by atoms with E-state index in [4.69, 9.17) is 5.11 Å². The van der Waals surface area contributed by atoms with Crippen molar-refractivity contribution in [1.82, 2.24) is 5.32 Å². The lowest BCUT2D eigenvalue weighted by Gasteiger charge is -2.13. The predicted molar refractivity (Wildman–Crippen MR) is 48.8 cm³/mol. The van der Waals surface area contributed by atoms with Gasteiger partial charge in [0.2, 0.25) is 5.91 Å². The number of aliphatic hydroxyl groups is 1. The first kappa shape index (κ1) is 11.4. The third-order valence-electron chi connectivity index (χ3n) is 1.93. The summed E-state index contributed by atoms with van der Waals surface area (Å²) in [5.41, 5.74) is 0. The van der Waals surface area contributed by atoms with E-state index in [1.807, 2.05) is 13.8 Å². The monoisotopic (exact) mass is 173 g/mol. The maximum Gasteiger partial charge on any atom is 0.223 e. The van der Waals surface area contributed by atoms with Crippen molar-refractivity contribution in [2.75, 3.05) is 6.54 Å². The average molecular weight is 173 g/mol. The standard InChI is InChI=1S/C9H19NO2/c1-4-8(5-2)9(12)10-6-7(3)11/h7-8,11H,4-6H2,1-3H3,(H,10,12)/t7-/m1/s1. The number of rotatable bonds is 5. The fourth-order valence-corrected chi connectivity index (χ4v) is 1.05. The first-order valence-electron chi connectivity index (χ1n) is 4.57. The van der Waals surface area contributed by atoms with E-state index >= 15 is 0 Å². The molecule has 0 unspecified atom stereocenters. The molecule has 0 rings (SSSR count). The highest BCUT2D eigenvalue weighted by molar-refractivity contribution is 5.78. The Kier molecular flexibility index (Phi) is 5.72. The van der Waals surface area contributed by atoms with Crippen LogP contribution in [0.4, 0.5) is 0 Å². The van der Waals surface area contributed by atoms with Gasteiger partial charge in [-0.15, -0.1) is 0 Å². The minimum atomic E-state index is -0.455. The predicted octanol–water partition coefficient (Wildman–Crippen LogP) is 0.920. The Morgan fingerprint density at radius 1 is 1.42 bits per heavy atom. The Bertz CT molecular complexity index is 130. The van der Waals surface area contributed by atoms with Crippen LogP contribution < -0.4 is 5.32 Å². The molecular weight excluding hydrogens is 154 g/mol. The maximum absolute atomic E-state index is 11.3. The summed E-state index contributed by atoms with van der Waals surface area (Å²) < 4.78 is 0. The van der Waals surface area contributed by atoms with Crippen molar-refractivity contribution >= 4 is 5.91 Å². The molecule has 3 heteroatoms. The van der Waals surface area contributed by atoms with Crippen LogP contribution in [0.5, 0.6) is 0 Å². The fourth-order valence-electron chi connectivity index (χ4n) is 1.05. The van der Waals surface area contributed by atoms with E-state index in [1.165, 1.54) is 0 Å². The van der Waals surface area contributed by atoms with Crippen LogP contribution in [0.25, 0.3) is 0 Å². The summed E-state index contributed by atoms with van der Waals surface area (Å²) in [6.07, 6.45) is 1.27. The van der Waals surface area contributed by atoms with Crippen molar-refractivity contribution in [1.29, 1.82) is 0 Å². The van der Waals surface area contributed by atoms with E-state index < -0.39 is 6.10 Å². The molecular formula is C9H19NO2. The summed E-state index contributed by atoms with van der Waals surface area (Å²) in [7, 11) is 0. The number of carbonyl (C=O) groups is 1. The van der Waals surface area contributed by atoms with Gasteiger partial charge in [-0.25, -0.2) is 0 Å². The normalized spacial score (nSPS) is 13.1. The lowest BCUT2D eigenvalue weighted by molar-refractivity contribution is -0.125. The molecule has 0 aliphatic heterocycles. The number of carbonyl (C=O) groups excluding carboxylic acids is 1. The third kappa shape index (κ3) is 4.34. The molecule has 1 amide bonds. The molecule has 3 nitrogen and oxygen atoms in total. The Morgan fingerprint density at radius 2 is 1.92 bits per heavy atom. The van der Waals surface area contributed by atoms with E-state index in [0.29, 0.717) is 6.54 Å². The van der Waals surface area contributed by atoms with Crippen molar-refractivity contribution in [3.8, 4) is 0 Å². The van der Waals surface area contributed by atoms with Crippen LogP contribution in [-0.4, -0.2) is 23.7 Å². The summed E-state index contributed by atoms with van der Waals surface area (Å²) in [4.78, 5) is 11.3. The number of aliphatic hydroxyl groups excluding tert-OH is 1. The molecule has 0 aliphatic carbocycles. The van der Waals surface area contributed by atoms with Gasteiger partial charge in [0.1, 0.15) is 0 Å². The number of hydrogen-bond acceptors (Lipinski definition) is 2. The minimum absolute atomic E-state index is 0.0564. The fraction of sp³-hybridized carbons (Fsp3) is 0.889. The molecule has 0 spiro atoms. The Labute approximate surface area is 74.2 Å². The van der Waals surface area contributed by atoms with E-state index in [0.717, 1.165) is 12.8 Å². The van der Waals surface area contributed by atoms with Crippen LogP contribution in [0.3, 0.4) is 0 Å². The highest BCUT2D eigenvalue weighted by Crippen LogP contribution is 2.06. The molecule has 0 aromatic rings. The second-order valence-corrected chi connectivity index (χ2v) is 3.11. The Balaban J connectivity index is 3.69. The van der Waals surface area contributed by atoms with Gasteiger partial charge in [0, 0.05) is 12.5 Å². The average Bonchev–Trinajstić information content (AvgIpc) is 2.03. The zero-order valence-corrected chi connectivity index (χ0v) is 8.13. The van der Waals surface area contributed by atoms with Gasteiger partial charge in [-0.3, -0.25) is 4.79 Å². The van der Waals surface area contributed by atoms with Crippen LogP contribution in [0.1, 0.15) is 33.6 Å². The smallest absolute Gasteiger partial charge is 0.223 e. The highest BCUT2D eigenvalue weighted by atomic mass is 16.3. The molecule has 12 heavy (non-hydrogen) atoms. The van der Waals surface area contributed by atoms with Crippen LogP contribution in [0.2, 0.25) is 0 Å². The minimum Gasteiger partial charge on any atom is -0.392 e. The number of hydrogen-bond donors (Lipinski definition) is 2. The van der Waals surface area contributed by atoms with E-state index in [9.17, 15) is 4.79 Å². The van der Waals surface area contributed by atoms with Gasteiger partial charge in [-0.2, -0.15) is 0 Å². The summed E-state index contributed by atoms with van der Waals surface area (Å²) in [6.45, 7) is 6.01. The van der Waals surface area contributed by atoms with Crippen LogP contribution in [-0.2, 0) is 4.79 Å². The zero-order valence-electron chi connectivity index (χ0n) is 8.13. The van der Waals surface area contributed by atoms with Crippen molar-refractivity contribution in [2.24, 2.45) is 5.92 Å². The van der Waals surface area contributed by atoms with Crippen molar-refractivity contribution < 1.29 is 9.90 Å². The lowest BCUT2D eigenvalue weighted by atomic mass is 10.0. The first-order valence-corrected chi connectivity index (χ1v) is 4.57. The molecule has 0 saturated carbocycles. The summed E-state index contributed by atoms with van der Waals surface area (Å²) in [5, 5.41) is 11.6. The molecule has 72 valence electrons. The molecule has 0 saturated heterocycles. The third-order valence-corrected chi connectivity index (χ3v) is 1.93. The van der Waals surface area contributed by atoms with Crippen LogP contribution >= 0.6 is 0 Å². The number of amides is 1. The van der Waals surface area contributed by atoms with Gasteiger partial charge in [0.25, 0.3) is 0 Å². The molecule has 0 radical (unpaired) electrons. The second-order valence-electron chi connectivity index (χ2n) is 3.11. The topological polar surface area (TPSA) is 49.3 Å². The van der Waals surface area contributed by atoms with Crippen molar-refractivity contribution in [3.63, 3.8) is 0 Å². The molecule has 0 aliphatic rings. The lowest BCUT2D eigenvalue weighted by Crippen LogP contribution is -2.35.